The van der Waals surface area contributed by atoms with Crippen LogP contribution in [0.4, 0.5) is 5.69 Å². The van der Waals surface area contributed by atoms with E-state index in [1.165, 1.54) is 7.11 Å². The maximum Gasteiger partial charge on any atom is 0.259 e. The Hall–Kier alpha value is -3.44. The normalized spacial score (nSPS) is 10.6. The number of anilines is 1. The van der Waals surface area contributed by atoms with Gasteiger partial charge in [0.25, 0.3) is 5.91 Å². The van der Waals surface area contributed by atoms with Crippen LogP contribution in [-0.2, 0) is 0 Å². The molecule has 4 aromatic rings. The fourth-order valence-corrected chi connectivity index (χ4v) is 3.67. The summed E-state index contributed by atoms with van der Waals surface area (Å²) in [4.78, 5) is 26.2. The van der Waals surface area contributed by atoms with Gasteiger partial charge >= 0.3 is 0 Å². The molecule has 4 rings (SSSR count). The molecule has 148 valence electrons. The zero-order valence-electron chi connectivity index (χ0n) is 16.2. The Balaban J connectivity index is 1.72. The van der Waals surface area contributed by atoms with Crippen LogP contribution in [0.3, 0.4) is 0 Å². The lowest BCUT2D eigenvalue weighted by Crippen LogP contribution is -2.16. The zero-order chi connectivity index (χ0) is 21.1. The van der Waals surface area contributed by atoms with Crippen molar-refractivity contribution in [1.29, 1.82) is 0 Å². The van der Waals surface area contributed by atoms with Gasteiger partial charge in [-0.2, -0.15) is 0 Å². The van der Waals surface area contributed by atoms with Crippen molar-refractivity contribution < 1.29 is 14.3 Å². The summed E-state index contributed by atoms with van der Waals surface area (Å²) >= 11 is 3.41. The Kier molecular flexibility index (Phi) is 5.63. The summed E-state index contributed by atoms with van der Waals surface area (Å²) in [5.41, 5.74) is 1.79. The van der Waals surface area contributed by atoms with Crippen LogP contribution in [0.25, 0.3) is 10.8 Å². The van der Waals surface area contributed by atoms with Crippen LogP contribution in [0.2, 0.25) is 0 Å². The van der Waals surface area contributed by atoms with Gasteiger partial charge in [-0.25, -0.2) is 0 Å². The van der Waals surface area contributed by atoms with E-state index in [0.717, 1.165) is 15.2 Å². The summed E-state index contributed by atoms with van der Waals surface area (Å²) in [5.74, 6) is -0.0426. The number of halogens is 1. The predicted molar refractivity (Wildman–Crippen MR) is 122 cm³/mol. The van der Waals surface area contributed by atoms with Gasteiger partial charge in [-0.3, -0.25) is 9.59 Å². The first-order chi connectivity index (χ1) is 14.6. The minimum absolute atomic E-state index is 0.169. The van der Waals surface area contributed by atoms with Crippen LogP contribution in [0, 0.1) is 0 Å². The third-order valence-electron chi connectivity index (χ3n) is 4.82. The van der Waals surface area contributed by atoms with Crippen molar-refractivity contribution in [3.8, 4) is 5.75 Å². The van der Waals surface area contributed by atoms with Gasteiger partial charge in [-0.05, 0) is 41.1 Å². The lowest BCUT2D eigenvalue weighted by Gasteiger charge is -2.14. The molecule has 0 bridgehead atoms. The Bertz CT molecular complexity index is 1250. The molecule has 4 nitrogen and oxygen atoms in total. The molecule has 0 aromatic heterocycles. The standard InChI is InChI=1S/C25H18BrNO3/c1-30-23-14-18-10-6-5-9-17(18)13-21(23)25(29)27-22-12-11-19(26)15-20(22)24(28)16-7-3-2-4-8-16/h2-15H,1H3,(H,27,29). The van der Waals surface area contributed by atoms with Gasteiger partial charge in [0.05, 0.1) is 18.4 Å². The molecule has 0 atom stereocenters. The maximum atomic E-state index is 13.1. The van der Waals surface area contributed by atoms with Crippen LogP contribution in [0.15, 0.2) is 89.4 Å². The van der Waals surface area contributed by atoms with Crippen LogP contribution in [0.1, 0.15) is 26.3 Å². The minimum Gasteiger partial charge on any atom is -0.496 e. The van der Waals surface area contributed by atoms with Crippen LogP contribution >= 0.6 is 15.9 Å². The van der Waals surface area contributed by atoms with Crippen molar-refractivity contribution in [2.75, 3.05) is 12.4 Å². The molecule has 0 aliphatic heterocycles. The smallest absolute Gasteiger partial charge is 0.259 e. The number of amides is 1. The SMILES string of the molecule is COc1cc2ccccc2cc1C(=O)Nc1ccc(Br)cc1C(=O)c1ccccc1. The fraction of sp³-hybridized carbons (Fsp3) is 0.0400. The van der Waals surface area contributed by atoms with E-state index in [2.05, 4.69) is 21.2 Å². The molecule has 0 heterocycles. The van der Waals surface area contributed by atoms with Gasteiger partial charge < -0.3 is 10.1 Å². The van der Waals surface area contributed by atoms with Crippen molar-refractivity contribution in [2.45, 2.75) is 0 Å². The summed E-state index contributed by atoms with van der Waals surface area (Å²) < 4.78 is 6.20. The third-order valence-corrected chi connectivity index (χ3v) is 5.32. The number of nitrogens with one attached hydrogen (secondary N) is 1. The number of ether oxygens (including phenoxy) is 1. The second-order valence-electron chi connectivity index (χ2n) is 6.74. The van der Waals surface area contributed by atoms with Crippen molar-refractivity contribution in [3.05, 3.63) is 106 Å². The summed E-state index contributed by atoms with van der Waals surface area (Å²) in [5, 5.41) is 4.79. The first-order valence-electron chi connectivity index (χ1n) is 9.34. The number of hydrogen-bond acceptors (Lipinski definition) is 3. The van der Waals surface area contributed by atoms with Gasteiger partial charge in [0.2, 0.25) is 0 Å². The molecule has 0 fully saturated rings. The second kappa shape index (κ2) is 8.51. The van der Waals surface area contributed by atoms with Gasteiger partial charge in [-0.1, -0.05) is 70.5 Å². The van der Waals surface area contributed by atoms with Crippen molar-refractivity contribution in [3.63, 3.8) is 0 Å². The van der Waals surface area contributed by atoms with Crippen LogP contribution < -0.4 is 10.1 Å². The number of carbonyl (C=O) groups excluding carboxylic acids is 2. The van der Waals surface area contributed by atoms with Gasteiger partial charge in [-0.15, -0.1) is 0 Å². The average molecular weight is 460 g/mol. The molecule has 0 unspecified atom stereocenters. The molecule has 0 aliphatic carbocycles. The topological polar surface area (TPSA) is 55.4 Å². The fourth-order valence-electron chi connectivity index (χ4n) is 3.31. The van der Waals surface area contributed by atoms with Crippen molar-refractivity contribution in [1.82, 2.24) is 0 Å². The quantitative estimate of drug-likeness (QED) is 0.367. The lowest BCUT2D eigenvalue weighted by atomic mass is 10.0. The van der Waals surface area contributed by atoms with Gasteiger partial charge in [0.15, 0.2) is 5.78 Å². The lowest BCUT2D eigenvalue weighted by molar-refractivity contribution is 0.102. The van der Waals surface area contributed by atoms with Crippen molar-refractivity contribution >= 4 is 44.1 Å². The highest BCUT2D eigenvalue weighted by Crippen LogP contribution is 2.29. The average Bonchev–Trinajstić information content (AvgIpc) is 2.79. The largest absolute Gasteiger partial charge is 0.496 e. The molecular formula is C25H18BrNO3. The summed E-state index contributed by atoms with van der Waals surface area (Å²) in [7, 11) is 1.53. The summed E-state index contributed by atoms with van der Waals surface area (Å²) in [6, 6.07) is 25.6. The van der Waals surface area contributed by atoms with Crippen LogP contribution in [-0.4, -0.2) is 18.8 Å². The monoisotopic (exact) mass is 459 g/mol. The first-order valence-corrected chi connectivity index (χ1v) is 10.1. The Morgan fingerprint density at radius 3 is 2.17 bits per heavy atom. The molecule has 0 spiro atoms. The summed E-state index contributed by atoms with van der Waals surface area (Å²) in [6.45, 7) is 0. The van der Waals surface area contributed by atoms with E-state index in [4.69, 9.17) is 4.74 Å². The van der Waals surface area contributed by atoms with E-state index in [-0.39, 0.29) is 11.7 Å². The van der Waals surface area contributed by atoms with E-state index < -0.39 is 0 Å². The molecule has 30 heavy (non-hydrogen) atoms. The Morgan fingerprint density at radius 1 is 0.800 bits per heavy atom. The number of hydrogen-bond donors (Lipinski definition) is 1. The highest BCUT2D eigenvalue weighted by molar-refractivity contribution is 9.10. The van der Waals surface area contributed by atoms with Gasteiger partial charge in [0, 0.05) is 15.6 Å². The van der Waals surface area contributed by atoms with E-state index in [9.17, 15) is 9.59 Å². The highest BCUT2D eigenvalue weighted by atomic mass is 79.9. The molecule has 0 saturated heterocycles. The number of carbonyl (C=O) groups is 2. The molecule has 1 N–H and O–H groups in total. The zero-order valence-corrected chi connectivity index (χ0v) is 17.8. The number of methoxy groups -OCH3 is 1. The molecule has 0 radical (unpaired) electrons. The van der Waals surface area contributed by atoms with E-state index in [1.807, 2.05) is 48.5 Å². The molecule has 5 heteroatoms. The van der Waals surface area contributed by atoms with Gasteiger partial charge in [0.1, 0.15) is 5.75 Å². The number of rotatable bonds is 5. The Morgan fingerprint density at radius 2 is 1.47 bits per heavy atom. The molecule has 0 aliphatic rings. The predicted octanol–water partition coefficient (Wildman–Crippen LogP) is 6.09. The third kappa shape index (κ3) is 3.98. The molecular weight excluding hydrogens is 442 g/mol. The first kappa shape index (κ1) is 19.9. The highest BCUT2D eigenvalue weighted by Gasteiger charge is 2.19. The Labute approximate surface area is 182 Å². The molecule has 1 amide bonds. The van der Waals surface area contributed by atoms with E-state index in [0.29, 0.717) is 28.1 Å². The summed E-state index contributed by atoms with van der Waals surface area (Å²) in [6.07, 6.45) is 0. The second-order valence-corrected chi connectivity index (χ2v) is 7.65. The number of ketones is 1. The number of fused-ring (bicyclic) bond motifs is 1. The molecule has 0 saturated carbocycles. The van der Waals surface area contributed by atoms with E-state index in [1.54, 1.807) is 36.4 Å². The molecule has 4 aromatic carbocycles. The number of benzene rings is 4. The van der Waals surface area contributed by atoms with Crippen molar-refractivity contribution in [2.24, 2.45) is 0 Å². The van der Waals surface area contributed by atoms with E-state index >= 15 is 0 Å². The van der Waals surface area contributed by atoms with Crippen LogP contribution in [0.5, 0.6) is 5.75 Å². The minimum atomic E-state index is -0.345. The maximum absolute atomic E-state index is 13.1.